The molecular weight excluding hydrogens is 202 g/mol. The number of pyridine rings is 1. The van der Waals surface area contributed by atoms with E-state index in [-0.39, 0.29) is 6.10 Å². The molecule has 1 rings (SSSR count). The second-order valence-electron chi connectivity index (χ2n) is 3.78. The van der Waals surface area contributed by atoms with E-state index in [2.05, 4.69) is 22.5 Å². The van der Waals surface area contributed by atoms with Gasteiger partial charge in [-0.25, -0.2) is 4.98 Å². The summed E-state index contributed by atoms with van der Waals surface area (Å²) in [5.74, 6) is 0.859. The summed E-state index contributed by atoms with van der Waals surface area (Å²) in [6.45, 7) is 5.55. The Morgan fingerprint density at radius 1 is 1.38 bits per heavy atom. The van der Waals surface area contributed by atoms with Gasteiger partial charge in [0.25, 0.3) is 0 Å². The summed E-state index contributed by atoms with van der Waals surface area (Å²) in [5, 5.41) is 15.9. The molecule has 0 radical (unpaired) electrons. The van der Waals surface area contributed by atoms with Gasteiger partial charge >= 0.3 is 0 Å². The molecule has 1 unspecified atom stereocenters. The van der Waals surface area contributed by atoms with Crippen LogP contribution in [0.4, 0.5) is 11.5 Å². The highest BCUT2D eigenvalue weighted by molar-refractivity contribution is 5.51. The van der Waals surface area contributed by atoms with Gasteiger partial charge in [0.15, 0.2) is 0 Å². The Morgan fingerprint density at radius 3 is 2.88 bits per heavy atom. The van der Waals surface area contributed by atoms with Crippen LogP contribution in [0, 0.1) is 0 Å². The van der Waals surface area contributed by atoms with E-state index in [0.29, 0.717) is 6.54 Å². The highest BCUT2D eigenvalue weighted by Crippen LogP contribution is 2.11. The molecular formula is C12H21N3O. The Labute approximate surface area is 97.1 Å². The minimum Gasteiger partial charge on any atom is -0.391 e. The molecule has 1 atom stereocenters. The van der Waals surface area contributed by atoms with E-state index in [4.69, 9.17) is 0 Å². The predicted molar refractivity (Wildman–Crippen MR) is 67.8 cm³/mol. The van der Waals surface area contributed by atoms with Gasteiger partial charge < -0.3 is 15.7 Å². The SMILES string of the molecule is CCCC(O)CNc1ccnc(NCC)c1. The number of aromatic nitrogens is 1. The van der Waals surface area contributed by atoms with E-state index in [1.165, 1.54) is 0 Å². The van der Waals surface area contributed by atoms with Crippen LogP contribution in [-0.4, -0.2) is 29.3 Å². The molecule has 0 aliphatic carbocycles. The normalized spacial score (nSPS) is 12.2. The quantitative estimate of drug-likeness (QED) is 0.662. The highest BCUT2D eigenvalue weighted by atomic mass is 16.3. The first-order valence-corrected chi connectivity index (χ1v) is 5.88. The van der Waals surface area contributed by atoms with Crippen LogP contribution >= 0.6 is 0 Å². The lowest BCUT2D eigenvalue weighted by Gasteiger charge is -2.12. The fourth-order valence-corrected chi connectivity index (χ4v) is 1.49. The molecule has 0 aliphatic heterocycles. The maximum Gasteiger partial charge on any atom is 0.127 e. The second kappa shape index (κ2) is 7.06. The lowest BCUT2D eigenvalue weighted by molar-refractivity contribution is 0.176. The lowest BCUT2D eigenvalue weighted by atomic mass is 10.2. The number of hydrogen-bond acceptors (Lipinski definition) is 4. The minimum absolute atomic E-state index is 0.277. The van der Waals surface area contributed by atoms with Gasteiger partial charge in [0.2, 0.25) is 0 Å². The Balaban J connectivity index is 2.44. The average molecular weight is 223 g/mol. The Bertz CT molecular complexity index is 304. The molecule has 90 valence electrons. The molecule has 0 spiro atoms. The number of aliphatic hydroxyl groups is 1. The van der Waals surface area contributed by atoms with Crippen LogP contribution in [0.1, 0.15) is 26.7 Å². The summed E-state index contributed by atoms with van der Waals surface area (Å²) >= 11 is 0. The monoisotopic (exact) mass is 223 g/mol. The second-order valence-corrected chi connectivity index (χ2v) is 3.78. The van der Waals surface area contributed by atoms with Crippen molar-refractivity contribution in [3.05, 3.63) is 18.3 Å². The van der Waals surface area contributed by atoms with E-state index < -0.39 is 0 Å². The van der Waals surface area contributed by atoms with E-state index in [1.807, 2.05) is 19.1 Å². The van der Waals surface area contributed by atoms with E-state index >= 15 is 0 Å². The number of hydrogen-bond donors (Lipinski definition) is 3. The Kier molecular flexibility index (Phi) is 5.64. The van der Waals surface area contributed by atoms with Crippen molar-refractivity contribution in [2.75, 3.05) is 23.7 Å². The Morgan fingerprint density at radius 2 is 2.19 bits per heavy atom. The number of nitrogens with zero attached hydrogens (tertiary/aromatic N) is 1. The molecule has 16 heavy (non-hydrogen) atoms. The smallest absolute Gasteiger partial charge is 0.127 e. The van der Waals surface area contributed by atoms with Crippen LogP contribution in [0.2, 0.25) is 0 Å². The molecule has 0 bridgehead atoms. The molecule has 1 aromatic heterocycles. The largest absolute Gasteiger partial charge is 0.391 e. The van der Waals surface area contributed by atoms with Crippen molar-refractivity contribution in [1.29, 1.82) is 0 Å². The van der Waals surface area contributed by atoms with Gasteiger partial charge in [0.05, 0.1) is 6.10 Å². The first-order chi connectivity index (χ1) is 7.76. The standard InChI is InChI=1S/C12H21N3O/c1-3-5-11(16)9-15-10-6-7-14-12(8-10)13-4-2/h6-8,11,16H,3-5,9H2,1-2H3,(H2,13,14,15). The molecule has 1 aromatic rings. The predicted octanol–water partition coefficient (Wildman–Crippen LogP) is 2.09. The fourth-order valence-electron chi connectivity index (χ4n) is 1.49. The summed E-state index contributed by atoms with van der Waals surface area (Å²) in [6, 6.07) is 3.85. The third kappa shape index (κ3) is 4.49. The van der Waals surface area contributed by atoms with Crippen LogP contribution in [0.5, 0.6) is 0 Å². The summed E-state index contributed by atoms with van der Waals surface area (Å²) in [4.78, 5) is 4.18. The summed E-state index contributed by atoms with van der Waals surface area (Å²) in [6.07, 6.45) is 3.31. The summed E-state index contributed by atoms with van der Waals surface area (Å²) < 4.78 is 0. The van der Waals surface area contributed by atoms with Gasteiger partial charge in [-0.2, -0.15) is 0 Å². The van der Waals surface area contributed by atoms with Crippen molar-refractivity contribution in [2.45, 2.75) is 32.8 Å². The molecule has 0 saturated carbocycles. The molecule has 1 heterocycles. The van der Waals surface area contributed by atoms with Gasteiger partial charge in [-0.05, 0) is 19.4 Å². The highest BCUT2D eigenvalue weighted by Gasteiger charge is 2.02. The molecule has 0 fully saturated rings. The van der Waals surface area contributed by atoms with Gasteiger partial charge in [0, 0.05) is 31.0 Å². The van der Waals surface area contributed by atoms with Gasteiger partial charge in [0.1, 0.15) is 5.82 Å². The van der Waals surface area contributed by atoms with E-state index in [9.17, 15) is 5.11 Å². The first kappa shape index (κ1) is 12.8. The third-order valence-electron chi connectivity index (χ3n) is 2.28. The van der Waals surface area contributed by atoms with Crippen molar-refractivity contribution in [3.63, 3.8) is 0 Å². The van der Waals surface area contributed by atoms with Crippen molar-refractivity contribution in [2.24, 2.45) is 0 Å². The molecule has 3 N–H and O–H groups in total. The zero-order chi connectivity index (χ0) is 11.8. The molecule has 0 aliphatic rings. The number of anilines is 2. The minimum atomic E-state index is -0.277. The van der Waals surface area contributed by atoms with Crippen LogP contribution in [0.25, 0.3) is 0 Å². The zero-order valence-corrected chi connectivity index (χ0v) is 10.0. The van der Waals surface area contributed by atoms with Crippen molar-refractivity contribution >= 4 is 11.5 Å². The number of nitrogens with one attached hydrogen (secondary N) is 2. The summed E-state index contributed by atoms with van der Waals surface area (Å²) in [5.41, 5.74) is 0.987. The molecule has 0 saturated heterocycles. The van der Waals surface area contributed by atoms with Crippen molar-refractivity contribution < 1.29 is 5.11 Å². The van der Waals surface area contributed by atoms with Crippen LogP contribution in [0.15, 0.2) is 18.3 Å². The molecule has 4 heteroatoms. The fraction of sp³-hybridized carbons (Fsp3) is 0.583. The third-order valence-corrected chi connectivity index (χ3v) is 2.28. The van der Waals surface area contributed by atoms with Crippen LogP contribution in [0.3, 0.4) is 0 Å². The Hall–Kier alpha value is -1.29. The first-order valence-electron chi connectivity index (χ1n) is 5.88. The number of rotatable bonds is 7. The van der Waals surface area contributed by atoms with Crippen LogP contribution < -0.4 is 10.6 Å². The number of aliphatic hydroxyl groups excluding tert-OH is 1. The zero-order valence-electron chi connectivity index (χ0n) is 10.0. The van der Waals surface area contributed by atoms with Gasteiger partial charge in [-0.3, -0.25) is 0 Å². The van der Waals surface area contributed by atoms with Crippen LogP contribution in [-0.2, 0) is 0 Å². The molecule has 0 amide bonds. The van der Waals surface area contributed by atoms with Crippen molar-refractivity contribution in [1.82, 2.24) is 4.98 Å². The topological polar surface area (TPSA) is 57.2 Å². The lowest BCUT2D eigenvalue weighted by Crippen LogP contribution is -2.19. The van der Waals surface area contributed by atoms with Crippen molar-refractivity contribution in [3.8, 4) is 0 Å². The molecule has 4 nitrogen and oxygen atoms in total. The van der Waals surface area contributed by atoms with Gasteiger partial charge in [-0.1, -0.05) is 13.3 Å². The van der Waals surface area contributed by atoms with Gasteiger partial charge in [-0.15, -0.1) is 0 Å². The van der Waals surface area contributed by atoms with E-state index in [0.717, 1.165) is 30.9 Å². The maximum atomic E-state index is 9.59. The van der Waals surface area contributed by atoms with E-state index in [1.54, 1.807) is 6.20 Å². The maximum absolute atomic E-state index is 9.59. The average Bonchev–Trinajstić information content (AvgIpc) is 2.28. The molecule has 0 aromatic carbocycles. The summed E-state index contributed by atoms with van der Waals surface area (Å²) in [7, 11) is 0.